The van der Waals surface area contributed by atoms with Gasteiger partial charge in [0.15, 0.2) is 0 Å². The van der Waals surface area contributed by atoms with E-state index in [1.165, 1.54) is 12.1 Å². The van der Waals surface area contributed by atoms with Crippen LogP contribution in [0.25, 0.3) is 10.9 Å². The van der Waals surface area contributed by atoms with E-state index < -0.39 is 22.2 Å². The summed E-state index contributed by atoms with van der Waals surface area (Å²) in [5.41, 5.74) is -0.617. The van der Waals surface area contributed by atoms with Crippen LogP contribution in [-0.2, 0) is 6.54 Å². The fourth-order valence-electron chi connectivity index (χ4n) is 2.21. The van der Waals surface area contributed by atoms with Gasteiger partial charge in [-0.1, -0.05) is 0 Å². The Morgan fingerprint density at radius 1 is 1.45 bits per heavy atom. The van der Waals surface area contributed by atoms with Crippen molar-refractivity contribution in [1.29, 1.82) is 0 Å². The minimum atomic E-state index is -1.36. The fraction of sp³-hybridized carbons (Fsp3) is 0.429. The number of carboxylic acid groups (broad SMARTS) is 1. The second kappa shape index (κ2) is 5.38. The van der Waals surface area contributed by atoms with Crippen molar-refractivity contribution in [3.8, 4) is 0 Å². The van der Waals surface area contributed by atoms with Crippen molar-refractivity contribution in [2.75, 3.05) is 0 Å². The number of hydrogen-bond acceptors (Lipinski definition) is 5. The van der Waals surface area contributed by atoms with Crippen molar-refractivity contribution >= 4 is 22.6 Å². The smallest absolute Gasteiger partial charge is 0.342 e. The molecule has 8 heteroatoms. The number of aromatic nitrogens is 2. The summed E-state index contributed by atoms with van der Waals surface area (Å²) in [6.07, 6.45) is 0.454. The van der Waals surface area contributed by atoms with Crippen molar-refractivity contribution in [2.24, 2.45) is 0 Å². The fourth-order valence-corrected chi connectivity index (χ4v) is 2.21. The molecule has 0 saturated heterocycles. The summed E-state index contributed by atoms with van der Waals surface area (Å²) in [7, 11) is 0. The number of aliphatic hydroxyl groups is 1. The number of nitrogens with zero attached hydrogens (tertiary/aromatic N) is 3. The zero-order valence-electron chi connectivity index (χ0n) is 12.5. The number of rotatable bonds is 5. The van der Waals surface area contributed by atoms with Gasteiger partial charge in [-0.3, -0.25) is 14.8 Å². The third kappa shape index (κ3) is 3.06. The third-order valence-electron chi connectivity index (χ3n) is 3.48. The van der Waals surface area contributed by atoms with Crippen LogP contribution in [0.2, 0.25) is 0 Å². The van der Waals surface area contributed by atoms with Gasteiger partial charge in [0, 0.05) is 23.7 Å². The Labute approximate surface area is 126 Å². The van der Waals surface area contributed by atoms with Gasteiger partial charge < -0.3 is 10.2 Å². The predicted molar refractivity (Wildman–Crippen MR) is 79.0 cm³/mol. The van der Waals surface area contributed by atoms with Gasteiger partial charge in [0.1, 0.15) is 5.56 Å². The first-order valence-electron chi connectivity index (χ1n) is 6.71. The van der Waals surface area contributed by atoms with Crippen LogP contribution in [-0.4, -0.2) is 36.5 Å². The summed E-state index contributed by atoms with van der Waals surface area (Å²) >= 11 is 0. The molecular formula is C14H17N3O5. The number of fused-ring (bicyclic) bond motifs is 1. The minimum Gasteiger partial charge on any atom is -0.477 e. The normalized spacial score (nSPS) is 11.8. The molecule has 0 aliphatic carbocycles. The first-order chi connectivity index (χ1) is 10.1. The van der Waals surface area contributed by atoms with Gasteiger partial charge in [-0.2, -0.15) is 5.10 Å². The Kier molecular flexibility index (Phi) is 3.89. The summed E-state index contributed by atoms with van der Waals surface area (Å²) in [6.45, 7) is 5.54. The molecule has 0 fully saturated rings. The van der Waals surface area contributed by atoms with Crippen molar-refractivity contribution < 1.29 is 19.9 Å². The number of carbonyl (C=O) groups is 1. The molecule has 2 rings (SSSR count). The van der Waals surface area contributed by atoms with Gasteiger partial charge in [0.25, 0.3) is 5.69 Å². The lowest BCUT2D eigenvalue weighted by Gasteiger charge is -2.17. The average molecular weight is 307 g/mol. The predicted octanol–water partition coefficient (Wildman–Crippen LogP) is 2.11. The quantitative estimate of drug-likeness (QED) is 0.645. The van der Waals surface area contributed by atoms with Crippen molar-refractivity contribution in [3.05, 3.63) is 33.5 Å². The first-order valence-corrected chi connectivity index (χ1v) is 6.71. The molecule has 0 aliphatic rings. The molecule has 1 aromatic carbocycles. The maximum absolute atomic E-state index is 11.1. The zero-order chi connectivity index (χ0) is 16.7. The van der Waals surface area contributed by atoms with Crippen LogP contribution >= 0.6 is 0 Å². The van der Waals surface area contributed by atoms with Crippen molar-refractivity contribution in [2.45, 2.75) is 39.3 Å². The Hall–Kier alpha value is -2.48. The van der Waals surface area contributed by atoms with Gasteiger partial charge in [-0.05, 0) is 33.3 Å². The molecule has 1 aromatic heterocycles. The second-order valence-electron chi connectivity index (χ2n) is 5.82. The molecule has 22 heavy (non-hydrogen) atoms. The van der Waals surface area contributed by atoms with E-state index in [4.69, 9.17) is 5.11 Å². The lowest BCUT2D eigenvalue weighted by atomic mass is 10.1. The summed E-state index contributed by atoms with van der Waals surface area (Å²) in [6, 6.07) is 2.45. The molecule has 0 bridgehead atoms. The largest absolute Gasteiger partial charge is 0.477 e. The Morgan fingerprint density at radius 3 is 2.59 bits per heavy atom. The van der Waals surface area contributed by atoms with E-state index in [0.29, 0.717) is 29.6 Å². The Morgan fingerprint density at radius 2 is 2.09 bits per heavy atom. The number of aromatic carboxylic acids is 1. The molecule has 0 saturated carbocycles. The second-order valence-corrected chi connectivity index (χ2v) is 5.82. The van der Waals surface area contributed by atoms with Crippen molar-refractivity contribution in [1.82, 2.24) is 9.78 Å². The number of nitro benzene ring substituents is 1. The molecule has 0 amide bonds. The van der Waals surface area contributed by atoms with E-state index in [9.17, 15) is 20.0 Å². The van der Waals surface area contributed by atoms with Crippen LogP contribution in [0.4, 0.5) is 5.69 Å². The van der Waals surface area contributed by atoms with E-state index in [0.717, 1.165) is 0 Å². The lowest BCUT2D eigenvalue weighted by Crippen LogP contribution is -2.21. The Bertz CT molecular complexity index is 758. The number of benzene rings is 1. The Balaban J connectivity index is 2.54. The molecule has 0 unspecified atom stereocenters. The summed E-state index contributed by atoms with van der Waals surface area (Å²) in [4.78, 5) is 21.5. The highest BCUT2D eigenvalue weighted by Crippen LogP contribution is 2.28. The van der Waals surface area contributed by atoms with Gasteiger partial charge in [-0.25, -0.2) is 4.79 Å². The van der Waals surface area contributed by atoms with Gasteiger partial charge in [-0.15, -0.1) is 0 Å². The molecule has 0 aliphatic heterocycles. The number of nitro groups is 1. The zero-order valence-corrected chi connectivity index (χ0v) is 12.5. The van der Waals surface area contributed by atoms with Crippen LogP contribution in [0.3, 0.4) is 0 Å². The van der Waals surface area contributed by atoms with Gasteiger partial charge in [0.05, 0.1) is 16.0 Å². The van der Waals surface area contributed by atoms with Crippen LogP contribution in [0, 0.1) is 17.0 Å². The standard InChI is InChI=1S/C14H17N3O5/c1-8-9-7-12(17(21)22)10(13(18)19)6-11(9)15-16(8)5-4-14(2,3)20/h6-7,20H,4-5H2,1-3H3,(H,18,19). The van der Waals surface area contributed by atoms with Gasteiger partial charge in [0.2, 0.25) is 0 Å². The molecule has 0 spiro atoms. The average Bonchev–Trinajstić information content (AvgIpc) is 2.70. The monoisotopic (exact) mass is 307 g/mol. The molecular weight excluding hydrogens is 290 g/mol. The highest BCUT2D eigenvalue weighted by atomic mass is 16.6. The van der Waals surface area contributed by atoms with Crippen molar-refractivity contribution in [3.63, 3.8) is 0 Å². The highest BCUT2D eigenvalue weighted by molar-refractivity contribution is 5.98. The topological polar surface area (TPSA) is 118 Å². The summed E-state index contributed by atoms with van der Waals surface area (Å²) < 4.78 is 1.62. The molecule has 118 valence electrons. The summed E-state index contributed by atoms with van der Waals surface area (Å²) in [5.74, 6) is -1.36. The number of carboxylic acids is 1. The van der Waals surface area contributed by atoms with E-state index in [1.807, 2.05) is 0 Å². The van der Waals surface area contributed by atoms with E-state index in [-0.39, 0.29) is 5.56 Å². The van der Waals surface area contributed by atoms with Crippen LogP contribution in [0.1, 0.15) is 36.3 Å². The third-order valence-corrected chi connectivity index (χ3v) is 3.48. The molecule has 2 N–H and O–H groups in total. The van der Waals surface area contributed by atoms with E-state index in [1.54, 1.807) is 25.5 Å². The SMILES string of the molecule is Cc1c2cc([N+](=O)[O-])c(C(=O)O)cc2nn1CCC(C)(C)O. The molecule has 0 radical (unpaired) electrons. The van der Waals surface area contributed by atoms with Gasteiger partial charge >= 0.3 is 5.97 Å². The van der Waals surface area contributed by atoms with Crippen LogP contribution in [0.15, 0.2) is 12.1 Å². The highest BCUT2D eigenvalue weighted by Gasteiger charge is 2.23. The maximum atomic E-state index is 11.1. The maximum Gasteiger partial charge on any atom is 0.342 e. The van der Waals surface area contributed by atoms with E-state index in [2.05, 4.69) is 5.10 Å². The summed E-state index contributed by atoms with van der Waals surface area (Å²) in [5, 5.41) is 34.7. The van der Waals surface area contributed by atoms with Crippen LogP contribution in [0.5, 0.6) is 0 Å². The first kappa shape index (κ1) is 15.9. The number of hydrogen-bond donors (Lipinski definition) is 2. The molecule has 8 nitrogen and oxygen atoms in total. The van der Waals surface area contributed by atoms with E-state index >= 15 is 0 Å². The molecule has 0 atom stereocenters. The molecule has 2 aromatic rings. The van der Waals surface area contributed by atoms with Crippen LogP contribution < -0.4 is 0 Å². The minimum absolute atomic E-state index is 0.385. The lowest BCUT2D eigenvalue weighted by molar-refractivity contribution is -0.385. The number of aryl methyl sites for hydroxylation is 2. The molecule has 1 heterocycles.